The van der Waals surface area contributed by atoms with Crippen molar-refractivity contribution in [2.45, 2.75) is 20.3 Å². The summed E-state index contributed by atoms with van der Waals surface area (Å²) in [7, 11) is 0. The number of anilines is 1. The molecule has 0 aliphatic heterocycles. The first kappa shape index (κ1) is 10.2. The molecule has 72 valence electrons. The average molecular weight is 200 g/mol. The molecule has 0 aromatic heterocycles. The highest BCUT2D eigenvalue weighted by molar-refractivity contribution is 6.31. The number of benzene rings is 1. The second-order valence-corrected chi connectivity index (χ2v) is 3.43. The van der Waals surface area contributed by atoms with E-state index >= 15 is 0 Å². The Balaban J connectivity index is 2.92. The van der Waals surface area contributed by atoms with E-state index in [4.69, 9.17) is 22.1 Å². The molecule has 0 bridgehead atoms. The molecule has 2 nitrogen and oxygen atoms in total. The molecular weight excluding hydrogens is 186 g/mol. The van der Waals surface area contributed by atoms with E-state index in [2.05, 4.69) is 6.92 Å². The van der Waals surface area contributed by atoms with Crippen molar-refractivity contribution in [3.05, 3.63) is 22.7 Å². The van der Waals surface area contributed by atoms with Gasteiger partial charge in [0.25, 0.3) is 0 Å². The maximum Gasteiger partial charge on any atom is 0.145 e. The van der Waals surface area contributed by atoms with Crippen molar-refractivity contribution in [3.63, 3.8) is 0 Å². The SMILES string of the molecule is CCCOc1c(C)cc(Cl)cc1N. The molecule has 0 aliphatic rings. The highest BCUT2D eigenvalue weighted by Gasteiger charge is 2.05. The van der Waals surface area contributed by atoms with E-state index in [9.17, 15) is 0 Å². The Morgan fingerprint density at radius 1 is 1.46 bits per heavy atom. The van der Waals surface area contributed by atoms with Gasteiger partial charge < -0.3 is 10.5 Å². The highest BCUT2D eigenvalue weighted by atomic mass is 35.5. The van der Waals surface area contributed by atoms with Crippen LogP contribution in [0.5, 0.6) is 5.75 Å². The summed E-state index contributed by atoms with van der Waals surface area (Å²) >= 11 is 5.82. The fourth-order valence-corrected chi connectivity index (χ4v) is 1.44. The Bertz CT molecular complexity index is 276. The first-order chi connectivity index (χ1) is 6.15. The minimum atomic E-state index is 0.610. The molecule has 0 fully saturated rings. The molecule has 0 amide bonds. The van der Waals surface area contributed by atoms with Gasteiger partial charge in [-0.05, 0) is 31.0 Å². The number of nitrogens with two attached hydrogens (primary N) is 1. The molecule has 3 heteroatoms. The van der Waals surface area contributed by atoms with Crippen LogP contribution in [0.25, 0.3) is 0 Å². The zero-order valence-electron chi connectivity index (χ0n) is 7.93. The number of ether oxygens (including phenoxy) is 1. The monoisotopic (exact) mass is 199 g/mol. The van der Waals surface area contributed by atoms with Crippen molar-refractivity contribution in [3.8, 4) is 5.75 Å². The van der Waals surface area contributed by atoms with E-state index in [-0.39, 0.29) is 0 Å². The van der Waals surface area contributed by atoms with Gasteiger partial charge >= 0.3 is 0 Å². The molecule has 0 spiro atoms. The van der Waals surface area contributed by atoms with E-state index < -0.39 is 0 Å². The lowest BCUT2D eigenvalue weighted by atomic mass is 10.2. The maximum absolute atomic E-state index is 5.82. The summed E-state index contributed by atoms with van der Waals surface area (Å²) in [6.07, 6.45) is 0.974. The molecule has 0 saturated carbocycles. The fourth-order valence-electron chi connectivity index (χ4n) is 1.16. The quantitative estimate of drug-likeness (QED) is 0.760. The van der Waals surface area contributed by atoms with Crippen LogP contribution in [0.1, 0.15) is 18.9 Å². The molecule has 0 unspecified atom stereocenters. The number of halogens is 1. The van der Waals surface area contributed by atoms with Crippen molar-refractivity contribution in [2.24, 2.45) is 0 Å². The van der Waals surface area contributed by atoms with Gasteiger partial charge in [-0.15, -0.1) is 0 Å². The highest BCUT2D eigenvalue weighted by Crippen LogP contribution is 2.29. The van der Waals surface area contributed by atoms with E-state index in [0.29, 0.717) is 17.3 Å². The molecular formula is C10H14ClNO. The van der Waals surface area contributed by atoms with Crippen molar-refractivity contribution < 1.29 is 4.74 Å². The topological polar surface area (TPSA) is 35.2 Å². The second-order valence-electron chi connectivity index (χ2n) is 2.99. The van der Waals surface area contributed by atoms with Gasteiger partial charge in [0.15, 0.2) is 0 Å². The average Bonchev–Trinajstić information content (AvgIpc) is 2.02. The normalized spacial score (nSPS) is 10.1. The Morgan fingerprint density at radius 2 is 2.15 bits per heavy atom. The van der Waals surface area contributed by atoms with Crippen molar-refractivity contribution in [2.75, 3.05) is 12.3 Å². The van der Waals surface area contributed by atoms with E-state index in [1.54, 1.807) is 6.07 Å². The summed E-state index contributed by atoms with van der Waals surface area (Å²) < 4.78 is 5.49. The first-order valence-electron chi connectivity index (χ1n) is 4.33. The number of nitrogen functional groups attached to an aromatic ring is 1. The molecule has 2 N–H and O–H groups in total. The van der Waals surface area contributed by atoms with Crippen LogP contribution in [0.3, 0.4) is 0 Å². The van der Waals surface area contributed by atoms with Gasteiger partial charge in [-0.2, -0.15) is 0 Å². The van der Waals surface area contributed by atoms with Gasteiger partial charge in [-0.1, -0.05) is 18.5 Å². The molecule has 0 saturated heterocycles. The van der Waals surface area contributed by atoms with Crippen LogP contribution >= 0.6 is 11.6 Å². The smallest absolute Gasteiger partial charge is 0.145 e. The second kappa shape index (κ2) is 4.38. The summed E-state index contributed by atoms with van der Waals surface area (Å²) in [4.78, 5) is 0. The Morgan fingerprint density at radius 3 is 2.69 bits per heavy atom. The van der Waals surface area contributed by atoms with Crippen LogP contribution in [0.2, 0.25) is 5.02 Å². The first-order valence-corrected chi connectivity index (χ1v) is 4.71. The zero-order valence-corrected chi connectivity index (χ0v) is 8.69. The van der Waals surface area contributed by atoms with Crippen LogP contribution in [0, 0.1) is 6.92 Å². The van der Waals surface area contributed by atoms with E-state index in [0.717, 1.165) is 17.7 Å². The lowest BCUT2D eigenvalue weighted by Gasteiger charge is -2.11. The van der Waals surface area contributed by atoms with Crippen molar-refractivity contribution >= 4 is 17.3 Å². The standard InChI is InChI=1S/C10H14ClNO/c1-3-4-13-10-7(2)5-8(11)6-9(10)12/h5-6H,3-4,12H2,1-2H3. The molecule has 1 aromatic rings. The van der Waals surface area contributed by atoms with Gasteiger partial charge in [-0.3, -0.25) is 0 Å². The summed E-state index contributed by atoms with van der Waals surface area (Å²) in [5.41, 5.74) is 7.35. The van der Waals surface area contributed by atoms with Crippen molar-refractivity contribution in [1.82, 2.24) is 0 Å². The van der Waals surface area contributed by atoms with E-state index in [1.165, 1.54) is 0 Å². The Kier molecular flexibility index (Phi) is 3.43. The summed E-state index contributed by atoms with van der Waals surface area (Å²) in [6, 6.07) is 3.56. The Labute approximate surface area is 83.6 Å². The Hall–Kier alpha value is -0.890. The predicted octanol–water partition coefficient (Wildman–Crippen LogP) is 3.02. The van der Waals surface area contributed by atoms with Gasteiger partial charge in [0.1, 0.15) is 5.75 Å². The number of rotatable bonds is 3. The summed E-state index contributed by atoms with van der Waals surface area (Å²) in [5, 5.41) is 0.652. The molecule has 0 heterocycles. The van der Waals surface area contributed by atoms with Gasteiger partial charge in [0.05, 0.1) is 12.3 Å². The summed E-state index contributed by atoms with van der Waals surface area (Å²) in [6.45, 7) is 4.68. The molecule has 1 rings (SSSR count). The third kappa shape index (κ3) is 2.52. The number of aryl methyl sites for hydroxylation is 1. The molecule has 0 aliphatic carbocycles. The van der Waals surface area contributed by atoms with Crippen molar-refractivity contribution in [1.29, 1.82) is 0 Å². The lowest BCUT2D eigenvalue weighted by molar-refractivity contribution is 0.317. The summed E-state index contributed by atoms with van der Waals surface area (Å²) in [5.74, 6) is 0.756. The van der Waals surface area contributed by atoms with Crippen LogP contribution in [-0.4, -0.2) is 6.61 Å². The van der Waals surface area contributed by atoms with Gasteiger partial charge in [-0.25, -0.2) is 0 Å². The zero-order chi connectivity index (χ0) is 9.84. The third-order valence-electron chi connectivity index (χ3n) is 1.72. The van der Waals surface area contributed by atoms with Crippen LogP contribution < -0.4 is 10.5 Å². The molecule has 1 aromatic carbocycles. The van der Waals surface area contributed by atoms with Gasteiger partial charge in [0.2, 0.25) is 0 Å². The maximum atomic E-state index is 5.82. The molecule has 0 atom stereocenters. The molecule has 13 heavy (non-hydrogen) atoms. The third-order valence-corrected chi connectivity index (χ3v) is 1.94. The van der Waals surface area contributed by atoms with Gasteiger partial charge in [0, 0.05) is 5.02 Å². The van der Waals surface area contributed by atoms with Crippen LogP contribution in [0.15, 0.2) is 12.1 Å². The van der Waals surface area contributed by atoms with Crippen LogP contribution in [0.4, 0.5) is 5.69 Å². The van der Waals surface area contributed by atoms with Crippen LogP contribution in [-0.2, 0) is 0 Å². The fraction of sp³-hybridized carbons (Fsp3) is 0.400. The molecule has 0 radical (unpaired) electrons. The largest absolute Gasteiger partial charge is 0.491 e. The minimum Gasteiger partial charge on any atom is -0.491 e. The number of hydrogen-bond acceptors (Lipinski definition) is 2. The van der Waals surface area contributed by atoms with E-state index in [1.807, 2.05) is 13.0 Å². The predicted molar refractivity (Wildman–Crippen MR) is 56.4 cm³/mol. The number of hydrogen-bond donors (Lipinski definition) is 1. The lowest BCUT2D eigenvalue weighted by Crippen LogP contribution is -2.00. The minimum absolute atomic E-state index is 0.610.